The van der Waals surface area contributed by atoms with Crippen molar-refractivity contribution in [2.45, 2.75) is 0 Å². The van der Waals surface area contributed by atoms with E-state index in [9.17, 15) is 9.59 Å². The number of phenols is 1. The first-order valence-electron chi connectivity index (χ1n) is 4.20. The second kappa shape index (κ2) is 5.43. The summed E-state index contributed by atoms with van der Waals surface area (Å²) >= 11 is 0. The van der Waals surface area contributed by atoms with Gasteiger partial charge in [0, 0.05) is 12.1 Å². The second-order valence-electron chi connectivity index (χ2n) is 2.65. The highest BCUT2D eigenvalue weighted by atomic mass is 16.3. The molecule has 0 unspecified atom stereocenters. The molecule has 0 aliphatic heterocycles. The van der Waals surface area contributed by atoms with Crippen LogP contribution in [0.3, 0.4) is 0 Å². The van der Waals surface area contributed by atoms with Crippen LogP contribution in [-0.4, -0.2) is 15.3 Å². The summed E-state index contributed by atoms with van der Waals surface area (Å²) in [5.41, 5.74) is -0.603. The van der Waals surface area contributed by atoms with E-state index >= 15 is 0 Å². The summed E-state index contributed by atoms with van der Waals surface area (Å²) in [4.78, 5) is 20.4. The minimum absolute atomic E-state index is 0.301. The van der Waals surface area contributed by atoms with Crippen LogP contribution in [0.25, 0.3) is 0 Å². The van der Waals surface area contributed by atoms with Crippen molar-refractivity contribution in [3.8, 4) is 5.75 Å². The fraction of sp³-hybridized carbons (Fsp3) is 0. The maximum atomic E-state index is 10.2. The number of aromatic hydroxyl groups is 1. The molecule has 0 saturated carbocycles. The Hall–Kier alpha value is -2.30. The minimum atomic E-state index is -0.301. The standard InChI is InChI=1S/C6H6O.C4H4N2O2/c7-6-4-2-1-3-5-6;7-3-1-2-4(8)6-5-3/h1-5,7H;1-2H,(H,5,7)(H,6,8). The molecule has 15 heavy (non-hydrogen) atoms. The Bertz CT molecular complexity index is 449. The highest BCUT2D eigenvalue weighted by Gasteiger charge is 1.77. The Morgan fingerprint density at radius 2 is 1.27 bits per heavy atom. The summed E-state index contributed by atoms with van der Waals surface area (Å²) in [6.07, 6.45) is 0. The van der Waals surface area contributed by atoms with Crippen molar-refractivity contribution < 1.29 is 5.11 Å². The van der Waals surface area contributed by atoms with E-state index in [1.54, 1.807) is 24.3 Å². The number of hydrogen-bond donors (Lipinski definition) is 3. The maximum Gasteiger partial charge on any atom is 0.262 e. The first kappa shape index (κ1) is 10.8. The maximum absolute atomic E-state index is 10.2. The van der Waals surface area contributed by atoms with Crippen LogP contribution in [0.4, 0.5) is 0 Å². The fourth-order valence-electron chi connectivity index (χ4n) is 0.786. The number of rotatable bonds is 0. The molecule has 0 amide bonds. The molecular formula is C10H10N2O3. The van der Waals surface area contributed by atoms with Crippen molar-refractivity contribution in [1.29, 1.82) is 0 Å². The number of phenolic OH excluding ortho intramolecular Hbond substituents is 1. The van der Waals surface area contributed by atoms with E-state index in [1.165, 1.54) is 12.1 Å². The third kappa shape index (κ3) is 4.47. The van der Waals surface area contributed by atoms with Crippen LogP contribution in [-0.2, 0) is 0 Å². The molecule has 1 aromatic carbocycles. The van der Waals surface area contributed by atoms with E-state index in [2.05, 4.69) is 10.2 Å². The van der Waals surface area contributed by atoms with Gasteiger partial charge in [0.05, 0.1) is 0 Å². The summed E-state index contributed by atoms with van der Waals surface area (Å²) in [7, 11) is 0. The Kier molecular flexibility index (Phi) is 3.91. The highest BCUT2D eigenvalue weighted by molar-refractivity contribution is 5.18. The normalized spacial score (nSPS) is 8.80. The number of benzene rings is 1. The zero-order valence-electron chi connectivity index (χ0n) is 7.81. The van der Waals surface area contributed by atoms with Gasteiger partial charge in [0.25, 0.3) is 11.1 Å². The molecule has 0 spiro atoms. The number of aromatic nitrogens is 2. The number of nitrogens with one attached hydrogen (secondary N) is 2. The molecule has 0 fully saturated rings. The molecule has 0 saturated heterocycles. The predicted octanol–water partition coefficient (Wildman–Crippen LogP) is 0.455. The van der Waals surface area contributed by atoms with Gasteiger partial charge in [-0.25, -0.2) is 0 Å². The molecule has 3 N–H and O–H groups in total. The van der Waals surface area contributed by atoms with Gasteiger partial charge in [0.2, 0.25) is 0 Å². The molecule has 5 heteroatoms. The summed E-state index contributed by atoms with van der Waals surface area (Å²) < 4.78 is 0. The summed E-state index contributed by atoms with van der Waals surface area (Å²) in [6, 6.07) is 11.0. The van der Waals surface area contributed by atoms with Gasteiger partial charge >= 0.3 is 0 Å². The minimum Gasteiger partial charge on any atom is -0.508 e. The van der Waals surface area contributed by atoms with E-state index < -0.39 is 0 Å². The molecule has 5 nitrogen and oxygen atoms in total. The molecule has 1 aromatic heterocycles. The lowest BCUT2D eigenvalue weighted by Crippen LogP contribution is -2.14. The summed E-state index contributed by atoms with van der Waals surface area (Å²) in [6.45, 7) is 0. The average molecular weight is 206 g/mol. The van der Waals surface area contributed by atoms with Gasteiger partial charge in [-0.05, 0) is 12.1 Å². The van der Waals surface area contributed by atoms with E-state index in [0.29, 0.717) is 5.75 Å². The Morgan fingerprint density at radius 3 is 1.53 bits per heavy atom. The van der Waals surface area contributed by atoms with E-state index in [0.717, 1.165) is 0 Å². The first-order chi connectivity index (χ1) is 7.18. The van der Waals surface area contributed by atoms with Crippen LogP contribution in [0.15, 0.2) is 52.1 Å². The molecule has 0 radical (unpaired) electrons. The zero-order chi connectivity index (χ0) is 11.1. The number of hydrogen-bond acceptors (Lipinski definition) is 3. The smallest absolute Gasteiger partial charge is 0.262 e. The molecule has 0 atom stereocenters. The molecule has 78 valence electrons. The fourth-order valence-corrected chi connectivity index (χ4v) is 0.786. The number of para-hydroxylation sites is 1. The largest absolute Gasteiger partial charge is 0.508 e. The lowest BCUT2D eigenvalue weighted by Gasteiger charge is -1.82. The van der Waals surface area contributed by atoms with Crippen molar-refractivity contribution in [2.24, 2.45) is 0 Å². The molecule has 2 rings (SSSR count). The number of aromatic amines is 2. The average Bonchev–Trinajstić information content (AvgIpc) is 2.25. The quantitative estimate of drug-likeness (QED) is 0.585. The van der Waals surface area contributed by atoms with Crippen molar-refractivity contribution in [1.82, 2.24) is 10.2 Å². The van der Waals surface area contributed by atoms with Gasteiger partial charge in [0.15, 0.2) is 0 Å². The monoisotopic (exact) mass is 206 g/mol. The van der Waals surface area contributed by atoms with Crippen molar-refractivity contribution >= 4 is 0 Å². The number of H-pyrrole nitrogens is 2. The van der Waals surface area contributed by atoms with Gasteiger partial charge in [-0.3, -0.25) is 19.8 Å². The lowest BCUT2D eigenvalue weighted by molar-refractivity contribution is 0.475. The summed E-state index contributed by atoms with van der Waals surface area (Å²) in [5, 5.41) is 12.8. The SMILES string of the molecule is O=c1ccc(=O)[nH][nH]1.Oc1ccccc1. The first-order valence-corrected chi connectivity index (χ1v) is 4.20. The third-order valence-electron chi connectivity index (χ3n) is 1.45. The van der Waals surface area contributed by atoms with Gasteiger partial charge in [0.1, 0.15) is 5.75 Å². The summed E-state index contributed by atoms with van der Waals surface area (Å²) in [5.74, 6) is 0.322. The van der Waals surface area contributed by atoms with Gasteiger partial charge < -0.3 is 5.11 Å². The molecule has 1 heterocycles. The van der Waals surface area contributed by atoms with Crippen LogP contribution in [0.5, 0.6) is 5.75 Å². The highest BCUT2D eigenvalue weighted by Crippen LogP contribution is 2.02. The van der Waals surface area contributed by atoms with Crippen LogP contribution in [0, 0.1) is 0 Å². The van der Waals surface area contributed by atoms with E-state index in [1.807, 2.05) is 6.07 Å². The van der Waals surface area contributed by atoms with Gasteiger partial charge in [-0.1, -0.05) is 18.2 Å². The van der Waals surface area contributed by atoms with Crippen LogP contribution < -0.4 is 11.1 Å². The third-order valence-corrected chi connectivity index (χ3v) is 1.45. The zero-order valence-corrected chi connectivity index (χ0v) is 7.81. The molecule has 0 bridgehead atoms. The van der Waals surface area contributed by atoms with Crippen molar-refractivity contribution in [3.63, 3.8) is 0 Å². The van der Waals surface area contributed by atoms with E-state index in [4.69, 9.17) is 5.11 Å². The molecule has 0 aliphatic rings. The van der Waals surface area contributed by atoms with Crippen molar-refractivity contribution in [3.05, 3.63) is 63.2 Å². The van der Waals surface area contributed by atoms with Crippen LogP contribution in [0.1, 0.15) is 0 Å². The van der Waals surface area contributed by atoms with Crippen LogP contribution in [0.2, 0.25) is 0 Å². The van der Waals surface area contributed by atoms with Gasteiger partial charge in [-0.15, -0.1) is 0 Å². The van der Waals surface area contributed by atoms with Gasteiger partial charge in [-0.2, -0.15) is 0 Å². The topological polar surface area (TPSA) is 86.0 Å². The predicted molar refractivity (Wildman–Crippen MR) is 55.8 cm³/mol. The Morgan fingerprint density at radius 1 is 0.800 bits per heavy atom. The molecular weight excluding hydrogens is 196 g/mol. The van der Waals surface area contributed by atoms with Crippen molar-refractivity contribution in [2.75, 3.05) is 0 Å². The molecule has 0 aliphatic carbocycles. The molecule has 2 aromatic rings. The van der Waals surface area contributed by atoms with Crippen LogP contribution >= 0.6 is 0 Å². The second-order valence-corrected chi connectivity index (χ2v) is 2.65. The Labute approximate surface area is 85.0 Å². The lowest BCUT2D eigenvalue weighted by atomic mass is 10.3. The Balaban J connectivity index is 0.000000151. The van der Waals surface area contributed by atoms with E-state index in [-0.39, 0.29) is 11.1 Å².